The first-order valence-corrected chi connectivity index (χ1v) is 4.65. The fourth-order valence-corrected chi connectivity index (χ4v) is 1.52. The van der Waals surface area contributed by atoms with Crippen molar-refractivity contribution in [2.24, 2.45) is 0 Å². The zero-order valence-electron chi connectivity index (χ0n) is 7.89. The van der Waals surface area contributed by atoms with E-state index in [2.05, 4.69) is 12.1 Å². The molecule has 0 saturated carbocycles. The van der Waals surface area contributed by atoms with Crippen molar-refractivity contribution >= 4 is 11.6 Å². The van der Waals surface area contributed by atoms with Crippen molar-refractivity contribution < 1.29 is 0 Å². The zero-order valence-corrected chi connectivity index (χ0v) is 8.65. The van der Waals surface area contributed by atoms with E-state index >= 15 is 0 Å². The number of nitrogens with zero attached hydrogens (tertiary/aromatic N) is 1. The lowest BCUT2D eigenvalue weighted by molar-refractivity contribution is 0.993. The van der Waals surface area contributed by atoms with Gasteiger partial charge in [0.05, 0.1) is 6.07 Å². The third-order valence-electron chi connectivity index (χ3n) is 2.12. The van der Waals surface area contributed by atoms with Gasteiger partial charge >= 0.3 is 0 Å². The SMILES string of the molecule is Cc1cc(CCC#N)c(C)cc1Cl. The quantitative estimate of drug-likeness (QED) is 0.706. The van der Waals surface area contributed by atoms with E-state index in [0.717, 1.165) is 17.0 Å². The molecule has 0 aliphatic heterocycles. The summed E-state index contributed by atoms with van der Waals surface area (Å²) in [6, 6.07) is 6.17. The lowest BCUT2D eigenvalue weighted by Gasteiger charge is -2.06. The van der Waals surface area contributed by atoms with E-state index in [4.69, 9.17) is 16.9 Å². The summed E-state index contributed by atoms with van der Waals surface area (Å²) >= 11 is 5.95. The van der Waals surface area contributed by atoms with Crippen molar-refractivity contribution in [2.75, 3.05) is 0 Å². The number of hydrogen-bond donors (Lipinski definition) is 0. The highest BCUT2D eigenvalue weighted by molar-refractivity contribution is 6.31. The van der Waals surface area contributed by atoms with Crippen molar-refractivity contribution in [2.45, 2.75) is 26.7 Å². The molecule has 2 heteroatoms. The second kappa shape index (κ2) is 4.30. The number of hydrogen-bond acceptors (Lipinski definition) is 1. The second-order valence-electron chi connectivity index (χ2n) is 3.19. The van der Waals surface area contributed by atoms with Crippen molar-refractivity contribution in [1.29, 1.82) is 5.26 Å². The van der Waals surface area contributed by atoms with Crippen LogP contribution in [0.1, 0.15) is 23.1 Å². The molecule has 0 aliphatic rings. The average molecular weight is 194 g/mol. The van der Waals surface area contributed by atoms with Crippen LogP contribution in [0.3, 0.4) is 0 Å². The Kier molecular flexibility index (Phi) is 3.33. The zero-order chi connectivity index (χ0) is 9.84. The van der Waals surface area contributed by atoms with Crippen molar-refractivity contribution in [3.05, 3.63) is 33.8 Å². The summed E-state index contributed by atoms with van der Waals surface area (Å²) in [6.07, 6.45) is 1.39. The summed E-state index contributed by atoms with van der Waals surface area (Å²) in [6.45, 7) is 4.01. The smallest absolute Gasteiger partial charge is 0.0625 e. The molecular formula is C11H12ClN. The molecule has 0 saturated heterocycles. The molecular weight excluding hydrogens is 182 g/mol. The highest BCUT2D eigenvalue weighted by atomic mass is 35.5. The van der Waals surface area contributed by atoms with Crippen molar-refractivity contribution in [1.82, 2.24) is 0 Å². The third kappa shape index (κ3) is 2.47. The maximum Gasteiger partial charge on any atom is 0.0625 e. The van der Waals surface area contributed by atoms with Gasteiger partial charge in [0, 0.05) is 11.4 Å². The molecule has 0 radical (unpaired) electrons. The monoisotopic (exact) mass is 193 g/mol. The predicted octanol–water partition coefficient (Wildman–Crippen LogP) is 3.41. The van der Waals surface area contributed by atoms with Crippen LogP contribution in [-0.4, -0.2) is 0 Å². The average Bonchev–Trinajstić information content (AvgIpc) is 2.09. The summed E-state index contributed by atoms with van der Waals surface area (Å²) in [7, 11) is 0. The number of aryl methyl sites for hydroxylation is 3. The molecule has 0 amide bonds. The molecule has 1 rings (SSSR count). The van der Waals surface area contributed by atoms with Crippen LogP contribution in [0.5, 0.6) is 0 Å². The molecule has 13 heavy (non-hydrogen) atoms. The number of rotatable bonds is 2. The van der Waals surface area contributed by atoms with E-state index < -0.39 is 0 Å². The molecule has 0 aliphatic carbocycles. The van der Waals surface area contributed by atoms with Crippen LogP contribution in [-0.2, 0) is 6.42 Å². The maximum atomic E-state index is 8.47. The van der Waals surface area contributed by atoms with Gasteiger partial charge in [-0.05, 0) is 43.0 Å². The van der Waals surface area contributed by atoms with Gasteiger partial charge in [0.25, 0.3) is 0 Å². The van der Waals surface area contributed by atoms with Gasteiger partial charge in [-0.2, -0.15) is 5.26 Å². The van der Waals surface area contributed by atoms with Crippen LogP contribution in [0.25, 0.3) is 0 Å². The van der Waals surface area contributed by atoms with Gasteiger partial charge in [0.1, 0.15) is 0 Å². The van der Waals surface area contributed by atoms with Crippen LogP contribution in [0, 0.1) is 25.2 Å². The van der Waals surface area contributed by atoms with Crippen molar-refractivity contribution in [3.63, 3.8) is 0 Å². The fraction of sp³-hybridized carbons (Fsp3) is 0.364. The maximum absolute atomic E-state index is 8.47. The predicted molar refractivity (Wildman–Crippen MR) is 54.9 cm³/mol. The number of benzene rings is 1. The Morgan fingerprint density at radius 1 is 1.31 bits per heavy atom. The third-order valence-corrected chi connectivity index (χ3v) is 2.53. The van der Waals surface area contributed by atoms with Crippen LogP contribution >= 0.6 is 11.6 Å². The molecule has 1 aromatic rings. The molecule has 1 nitrogen and oxygen atoms in total. The molecule has 0 atom stereocenters. The van der Waals surface area contributed by atoms with Gasteiger partial charge in [-0.25, -0.2) is 0 Å². The number of nitriles is 1. The normalized spacial score (nSPS) is 9.69. The minimum Gasteiger partial charge on any atom is -0.198 e. The van der Waals surface area contributed by atoms with Crippen LogP contribution in [0.4, 0.5) is 0 Å². The molecule has 0 N–H and O–H groups in total. The van der Waals surface area contributed by atoms with Gasteiger partial charge in [-0.3, -0.25) is 0 Å². The standard InChI is InChI=1S/C11H12ClN/c1-8-7-11(12)9(2)6-10(8)4-3-5-13/h6-7H,3-4H2,1-2H3. The first-order valence-electron chi connectivity index (χ1n) is 4.27. The Labute approximate surface area is 84.0 Å². The van der Waals surface area contributed by atoms with Gasteiger partial charge < -0.3 is 0 Å². The van der Waals surface area contributed by atoms with E-state index in [9.17, 15) is 0 Å². The summed E-state index contributed by atoms with van der Waals surface area (Å²) in [5.41, 5.74) is 3.48. The summed E-state index contributed by atoms with van der Waals surface area (Å²) in [4.78, 5) is 0. The lowest BCUT2D eigenvalue weighted by atomic mass is 10.0. The Hall–Kier alpha value is -1.000. The molecule has 0 unspecified atom stereocenters. The van der Waals surface area contributed by atoms with Gasteiger partial charge in [0.2, 0.25) is 0 Å². The summed E-state index contributed by atoms with van der Waals surface area (Å²) in [5.74, 6) is 0. The van der Waals surface area contributed by atoms with E-state index in [-0.39, 0.29) is 0 Å². The minimum atomic E-state index is 0.571. The van der Waals surface area contributed by atoms with Crippen LogP contribution in [0.2, 0.25) is 5.02 Å². The van der Waals surface area contributed by atoms with E-state index in [0.29, 0.717) is 6.42 Å². The van der Waals surface area contributed by atoms with Gasteiger partial charge in [-0.15, -0.1) is 0 Å². The second-order valence-corrected chi connectivity index (χ2v) is 3.59. The van der Waals surface area contributed by atoms with Crippen molar-refractivity contribution in [3.8, 4) is 6.07 Å². The van der Waals surface area contributed by atoms with E-state index in [1.807, 2.05) is 19.9 Å². The Morgan fingerprint density at radius 2 is 2.00 bits per heavy atom. The fourth-order valence-electron chi connectivity index (χ4n) is 1.30. The van der Waals surface area contributed by atoms with Crippen LogP contribution < -0.4 is 0 Å². The molecule has 0 aromatic heterocycles. The molecule has 0 fully saturated rings. The Bertz CT molecular complexity index is 350. The topological polar surface area (TPSA) is 23.8 Å². The first kappa shape index (κ1) is 10.1. The van der Waals surface area contributed by atoms with E-state index in [1.165, 1.54) is 11.1 Å². The molecule has 68 valence electrons. The minimum absolute atomic E-state index is 0.571. The van der Waals surface area contributed by atoms with Crippen LogP contribution in [0.15, 0.2) is 12.1 Å². The van der Waals surface area contributed by atoms with E-state index in [1.54, 1.807) is 0 Å². The first-order chi connectivity index (χ1) is 6.15. The van der Waals surface area contributed by atoms with Gasteiger partial charge in [-0.1, -0.05) is 17.7 Å². The summed E-state index contributed by atoms with van der Waals surface area (Å²) < 4.78 is 0. The van der Waals surface area contributed by atoms with Gasteiger partial charge in [0.15, 0.2) is 0 Å². The Morgan fingerprint density at radius 3 is 2.62 bits per heavy atom. The highest BCUT2D eigenvalue weighted by Crippen LogP contribution is 2.21. The molecule has 0 spiro atoms. The number of halogens is 1. The molecule has 0 bridgehead atoms. The Balaban J connectivity index is 2.96. The largest absolute Gasteiger partial charge is 0.198 e. The summed E-state index contributed by atoms with van der Waals surface area (Å²) in [5, 5.41) is 9.27. The molecule has 1 aromatic carbocycles. The molecule has 0 heterocycles. The lowest BCUT2D eigenvalue weighted by Crippen LogP contribution is -1.90. The highest BCUT2D eigenvalue weighted by Gasteiger charge is 2.02.